The first-order valence-corrected chi connectivity index (χ1v) is 5.36. The molecule has 90 valence electrons. The molecule has 0 aromatic carbocycles. The molecule has 0 saturated carbocycles. The number of carbonyl (C=O) groups is 3. The van der Waals surface area contributed by atoms with Crippen molar-refractivity contribution in [3.8, 4) is 0 Å². The summed E-state index contributed by atoms with van der Waals surface area (Å²) in [6.07, 6.45) is 2.61. The van der Waals surface area contributed by atoms with E-state index in [1.165, 1.54) is 0 Å². The van der Waals surface area contributed by atoms with Crippen molar-refractivity contribution >= 4 is 17.8 Å². The molecule has 1 fully saturated rings. The molecule has 0 atom stereocenters. The standard InChI is InChI=1S/C10H16N2O4/c13-8(11-7-10(15)16)4-6-12-5-2-1-3-9(12)14/h1-7H2,(H,11,13)(H,15,16). The van der Waals surface area contributed by atoms with Gasteiger partial charge in [-0.3, -0.25) is 14.4 Å². The molecule has 1 rings (SSSR count). The first-order valence-electron chi connectivity index (χ1n) is 5.36. The Kier molecular flexibility index (Phi) is 4.75. The van der Waals surface area contributed by atoms with E-state index in [0.29, 0.717) is 19.5 Å². The van der Waals surface area contributed by atoms with E-state index < -0.39 is 5.97 Å². The Labute approximate surface area is 93.6 Å². The summed E-state index contributed by atoms with van der Waals surface area (Å²) in [6, 6.07) is 0. The summed E-state index contributed by atoms with van der Waals surface area (Å²) in [5.41, 5.74) is 0. The van der Waals surface area contributed by atoms with E-state index in [1.54, 1.807) is 4.90 Å². The van der Waals surface area contributed by atoms with Crippen LogP contribution in [0, 0.1) is 0 Å². The van der Waals surface area contributed by atoms with Gasteiger partial charge in [0.1, 0.15) is 6.54 Å². The molecule has 0 bridgehead atoms. The Hall–Kier alpha value is -1.59. The predicted molar refractivity (Wildman–Crippen MR) is 55.7 cm³/mol. The van der Waals surface area contributed by atoms with E-state index in [9.17, 15) is 14.4 Å². The van der Waals surface area contributed by atoms with Crippen molar-refractivity contribution < 1.29 is 19.5 Å². The Morgan fingerprint density at radius 1 is 1.38 bits per heavy atom. The van der Waals surface area contributed by atoms with Crippen molar-refractivity contribution in [3.05, 3.63) is 0 Å². The molecule has 6 heteroatoms. The number of likely N-dealkylation sites (tertiary alicyclic amines) is 1. The first-order chi connectivity index (χ1) is 7.59. The van der Waals surface area contributed by atoms with Crippen LogP contribution in [0.3, 0.4) is 0 Å². The lowest BCUT2D eigenvalue weighted by atomic mass is 10.1. The fourth-order valence-corrected chi connectivity index (χ4v) is 1.60. The zero-order chi connectivity index (χ0) is 12.0. The summed E-state index contributed by atoms with van der Waals surface area (Å²) in [7, 11) is 0. The van der Waals surface area contributed by atoms with E-state index in [1.807, 2.05) is 0 Å². The summed E-state index contributed by atoms with van der Waals surface area (Å²) < 4.78 is 0. The van der Waals surface area contributed by atoms with Crippen molar-refractivity contribution in [2.75, 3.05) is 19.6 Å². The number of carboxylic acids is 1. The molecule has 1 aliphatic heterocycles. The number of carbonyl (C=O) groups excluding carboxylic acids is 2. The third kappa shape index (κ3) is 4.29. The molecule has 2 N–H and O–H groups in total. The van der Waals surface area contributed by atoms with Gasteiger partial charge < -0.3 is 15.3 Å². The monoisotopic (exact) mass is 228 g/mol. The first kappa shape index (κ1) is 12.5. The number of carboxylic acid groups (broad SMARTS) is 1. The van der Waals surface area contributed by atoms with E-state index in [4.69, 9.17) is 5.11 Å². The molecule has 1 aliphatic rings. The van der Waals surface area contributed by atoms with Crippen molar-refractivity contribution in [1.29, 1.82) is 0 Å². The highest BCUT2D eigenvalue weighted by Crippen LogP contribution is 2.10. The molecule has 16 heavy (non-hydrogen) atoms. The van der Waals surface area contributed by atoms with Crippen LogP contribution >= 0.6 is 0 Å². The van der Waals surface area contributed by atoms with E-state index in [0.717, 1.165) is 12.8 Å². The zero-order valence-corrected chi connectivity index (χ0v) is 9.07. The molecule has 6 nitrogen and oxygen atoms in total. The van der Waals surface area contributed by atoms with Crippen LogP contribution in [0.15, 0.2) is 0 Å². The van der Waals surface area contributed by atoms with E-state index in [-0.39, 0.29) is 24.8 Å². The zero-order valence-electron chi connectivity index (χ0n) is 9.07. The van der Waals surface area contributed by atoms with Crippen LogP contribution in [0.5, 0.6) is 0 Å². The fourth-order valence-electron chi connectivity index (χ4n) is 1.60. The topological polar surface area (TPSA) is 86.7 Å². The summed E-state index contributed by atoms with van der Waals surface area (Å²) in [5.74, 6) is -1.32. The van der Waals surface area contributed by atoms with Crippen molar-refractivity contribution in [3.63, 3.8) is 0 Å². The molecule has 0 spiro atoms. The highest BCUT2D eigenvalue weighted by Gasteiger charge is 2.18. The van der Waals surface area contributed by atoms with Gasteiger partial charge in [0.05, 0.1) is 0 Å². The smallest absolute Gasteiger partial charge is 0.322 e. The van der Waals surface area contributed by atoms with Crippen LogP contribution in [0.1, 0.15) is 25.7 Å². The second-order valence-corrected chi connectivity index (χ2v) is 3.76. The van der Waals surface area contributed by atoms with Crippen LogP contribution in [-0.4, -0.2) is 47.4 Å². The minimum absolute atomic E-state index is 0.0808. The van der Waals surface area contributed by atoms with Gasteiger partial charge in [-0.05, 0) is 12.8 Å². The second-order valence-electron chi connectivity index (χ2n) is 3.76. The van der Waals surface area contributed by atoms with Gasteiger partial charge in [-0.2, -0.15) is 0 Å². The Bertz CT molecular complexity index is 291. The van der Waals surface area contributed by atoms with Gasteiger partial charge in [0.2, 0.25) is 11.8 Å². The second kappa shape index (κ2) is 6.09. The van der Waals surface area contributed by atoms with Crippen LogP contribution in [0.25, 0.3) is 0 Å². The van der Waals surface area contributed by atoms with Crippen LogP contribution < -0.4 is 5.32 Å². The van der Waals surface area contributed by atoms with Crippen molar-refractivity contribution in [2.24, 2.45) is 0 Å². The van der Waals surface area contributed by atoms with Gasteiger partial charge >= 0.3 is 5.97 Å². The van der Waals surface area contributed by atoms with Crippen molar-refractivity contribution in [1.82, 2.24) is 10.2 Å². The van der Waals surface area contributed by atoms with E-state index >= 15 is 0 Å². The van der Waals surface area contributed by atoms with Gasteiger partial charge in [-0.25, -0.2) is 0 Å². The third-order valence-corrected chi connectivity index (χ3v) is 2.47. The van der Waals surface area contributed by atoms with Gasteiger partial charge in [0, 0.05) is 25.9 Å². The molecule has 0 aliphatic carbocycles. The Balaban J connectivity index is 2.20. The number of piperidine rings is 1. The molecule has 0 unspecified atom stereocenters. The Morgan fingerprint density at radius 3 is 2.75 bits per heavy atom. The molecule has 1 saturated heterocycles. The van der Waals surface area contributed by atoms with E-state index in [2.05, 4.69) is 5.32 Å². The highest BCUT2D eigenvalue weighted by molar-refractivity contribution is 5.82. The number of rotatable bonds is 5. The minimum Gasteiger partial charge on any atom is -0.480 e. The average Bonchev–Trinajstić information content (AvgIpc) is 2.25. The molecule has 0 aromatic heterocycles. The summed E-state index contributed by atoms with van der Waals surface area (Å²) in [6.45, 7) is 0.710. The normalized spacial score (nSPS) is 16.0. The number of nitrogens with zero attached hydrogens (tertiary/aromatic N) is 1. The molecule has 2 amide bonds. The van der Waals surface area contributed by atoms with Crippen molar-refractivity contribution in [2.45, 2.75) is 25.7 Å². The maximum Gasteiger partial charge on any atom is 0.322 e. The molecule has 1 heterocycles. The van der Waals surface area contributed by atoms with Gasteiger partial charge in [-0.1, -0.05) is 0 Å². The number of hydrogen-bond donors (Lipinski definition) is 2. The quantitative estimate of drug-likeness (QED) is 0.669. The lowest BCUT2D eigenvalue weighted by molar-refractivity contribution is -0.138. The lowest BCUT2D eigenvalue weighted by Crippen LogP contribution is -2.38. The molecular formula is C10H16N2O4. The predicted octanol–water partition coefficient (Wildman–Crippen LogP) is -0.410. The largest absolute Gasteiger partial charge is 0.480 e. The third-order valence-electron chi connectivity index (χ3n) is 2.47. The minimum atomic E-state index is -1.07. The number of nitrogens with one attached hydrogen (secondary N) is 1. The number of aliphatic carboxylic acids is 1. The van der Waals surface area contributed by atoms with Gasteiger partial charge in [0.25, 0.3) is 0 Å². The van der Waals surface area contributed by atoms with Crippen LogP contribution in [0.4, 0.5) is 0 Å². The maximum absolute atomic E-state index is 11.4. The number of amides is 2. The molecule has 0 radical (unpaired) electrons. The molecular weight excluding hydrogens is 212 g/mol. The summed E-state index contributed by atoms with van der Waals surface area (Å²) >= 11 is 0. The van der Waals surface area contributed by atoms with Gasteiger partial charge in [-0.15, -0.1) is 0 Å². The molecule has 0 aromatic rings. The SMILES string of the molecule is O=C(O)CNC(=O)CCN1CCCCC1=O. The highest BCUT2D eigenvalue weighted by atomic mass is 16.4. The maximum atomic E-state index is 11.4. The fraction of sp³-hybridized carbons (Fsp3) is 0.700. The number of hydrogen-bond acceptors (Lipinski definition) is 3. The average molecular weight is 228 g/mol. The van der Waals surface area contributed by atoms with Crippen LogP contribution in [-0.2, 0) is 14.4 Å². The summed E-state index contributed by atoms with van der Waals surface area (Å²) in [5, 5.41) is 10.6. The Morgan fingerprint density at radius 2 is 2.12 bits per heavy atom. The lowest BCUT2D eigenvalue weighted by Gasteiger charge is -2.26. The van der Waals surface area contributed by atoms with Crippen LogP contribution in [0.2, 0.25) is 0 Å². The van der Waals surface area contributed by atoms with Gasteiger partial charge in [0.15, 0.2) is 0 Å². The summed E-state index contributed by atoms with van der Waals surface area (Å²) in [4.78, 5) is 34.4.